The first-order valence-corrected chi connectivity index (χ1v) is 8.11. The first kappa shape index (κ1) is 15.6. The summed E-state index contributed by atoms with van der Waals surface area (Å²) in [7, 11) is -3.64. The lowest BCUT2D eigenvalue weighted by Gasteiger charge is -2.07. The number of aliphatic hydroxyl groups is 1. The Balaban J connectivity index is 2.10. The molecule has 2 rings (SSSR count). The number of nitrogens with one attached hydrogen (secondary N) is 1. The summed E-state index contributed by atoms with van der Waals surface area (Å²) < 4.78 is 28.2. The van der Waals surface area contributed by atoms with Gasteiger partial charge < -0.3 is 5.11 Å². The number of aromatic nitrogens is 3. The second kappa shape index (κ2) is 6.79. The molecule has 2 heterocycles. The average molecular weight is 310 g/mol. The van der Waals surface area contributed by atoms with Gasteiger partial charge in [-0.3, -0.25) is 9.67 Å². The Morgan fingerprint density at radius 1 is 1.43 bits per heavy atom. The summed E-state index contributed by atoms with van der Waals surface area (Å²) in [4.78, 5) is 4.27. The van der Waals surface area contributed by atoms with E-state index in [2.05, 4.69) is 14.8 Å². The van der Waals surface area contributed by atoms with Crippen LogP contribution in [0.4, 0.5) is 0 Å². The molecule has 0 amide bonds. The van der Waals surface area contributed by atoms with Crippen LogP contribution in [-0.4, -0.2) is 34.9 Å². The topological polar surface area (TPSA) is 97.1 Å². The van der Waals surface area contributed by atoms with Gasteiger partial charge in [0.2, 0.25) is 10.0 Å². The summed E-state index contributed by atoms with van der Waals surface area (Å²) in [6.45, 7) is 2.30. The fourth-order valence-corrected chi connectivity index (χ4v) is 2.85. The number of hydrogen-bond donors (Lipinski definition) is 2. The zero-order valence-corrected chi connectivity index (χ0v) is 12.5. The number of nitrogens with zero attached hydrogens (tertiary/aromatic N) is 3. The average Bonchev–Trinajstić information content (AvgIpc) is 2.95. The predicted octanol–water partition coefficient (Wildman–Crippen LogP) is 0.311. The Labute approximate surface area is 123 Å². The molecule has 2 aromatic heterocycles. The molecule has 114 valence electrons. The maximum atomic E-state index is 12.2. The molecule has 0 saturated carbocycles. The van der Waals surface area contributed by atoms with Crippen molar-refractivity contribution in [2.75, 3.05) is 6.61 Å². The smallest absolute Gasteiger partial charge is 0.244 e. The van der Waals surface area contributed by atoms with Crippen molar-refractivity contribution in [2.45, 2.75) is 31.3 Å². The SMILES string of the molecule is CCc1cccnc1CNS(=O)(=O)c1cnn(CCO)c1. The van der Waals surface area contributed by atoms with E-state index in [9.17, 15) is 8.42 Å². The van der Waals surface area contributed by atoms with Crippen LogP contribution in [0, 0.1) is 0 Å². The molecule has 0 spiro atoms. The molecule has 7 nitrogen and oxygen atoms in total. The zero-order valence-electron chi connectivity index (χ0n) is 11.7. The number of pyridine rings is 1. The molecule has 0 fully saturated rings. The molecule has 2 N–H and O–H groups in total. The maximum absolute atomic E-state index is 12.2. The zero-order chi connectivity index (χ0) is 15.3. The van der Waals surface area contributed by atoms with E-state index in [1.54, 1.807) is 6.20 Å². The van der Waals surface area contributed by atoms with E-state index >= 15 is 0 Å². The second-order valence-electron chi connectivity index (χ2n) is 4.45. The van der Waals surface area contributed by atoms with E-state index in [0.29, 0.717) is 5.69 Å². The third kappa shape index (κ3) is 3.87. The quantitative estimate of drug-likeness (QED) is 0.767. The van der Waals surface area contributed by atoms with E-state index in [0.717, 1.165) is 12.0 Å². The normalized spacial score (nSPS) is 11.7. The van der Waals surface area contributed by atoms with Crippen LogP contribution in [0.25, 0.3) is 0 Å². The lowest BCUT2D eigenvalue weighted by Crippen LogP contribution is -2.24. The van der Waals surface area contributed by atoms with Gasteiger partial charge in [-0.25, -0.2) is 13.1 Å². The van der Waals surface area contributed by atoms with Gasteiger partial charge in [-0.2, -0.15) is 5.10 Å². The van der Waals surface area contributed by atoms with Gasteiger partial charge in [-0.1, -0.05) is 13.0 Å². The van der Waals surface area contributed by atoms with Crippen LogP contribution in [0.2, 0.25) is 0 Å². The minimum Gasteiger partial charge on any atom is -0.394 e. The lowest BCUT2D eigenvalue weighted by atomic mass is 10.1. The van der Waals surface area contributed by atoms with Gasteiger partial charge in [0.25, 0.3) is 0 Å². The van der Waals surface area contributed by atoms with E-state index in [1.165, 1.54) is 17.1 Å². The Morgan fingerprint density at radius 2 is 2.24 bits per heavy atom. The van der Waals surface area contributed by atoms with Crippen LogP contribution < -0.4 is 4.72 Å². The molecule has 0 atom stereocenters. The molecule has 0 aliphatic heterocycles. The Hall–Kier alpha value is -1.77. The van der Waals surface area contributed by atoms with Crippen molar-refractivity contribution in [3.63, 3.8) is 0 Å². The molecule has 2 aromatic rings. The molecule has 0 bridgehead atoms. The van der Waals surface area contributed by atoms with E-state index in [1.807, 2.05) is 19.1 Å². The third-order valence-electron chi connectivity index (χ3n) is 3.04. The Bertz CT molecular complexity index is 697. The summed E-state index contributed by atoms with van der Waals surface area (Å²) >= 11 is 0. The second-order valence-corrected chi connectivity index (χ2v) is 6.22. The van der Waals surface area contributed by atoms with E-state index in [4.69, 9.17) is 5.11 Å². The highest BCUT2D eigenvalue weighted by Crippen LogP contribution is 2.10. The minimum absolute atomic E-state index is 0.0740. The first-order chi connectivity index (χ1) is 10.1. The van der Waals surface area contributed by atoms with Crippen molar-refractivity contribution in [1.29, 1.82) is 0 Å². The van der Waals surface area contributed by atoms with Gasteiger partial charge in [-0.15, -0.1) is 0 Å². The molecule has 8 heteroatoms. The number of hydrogen-bond acceptors (Lipinski definition) is 5. The van der Waals surface area contributed by atoms with Gasteiger partial charge in [0.05, 0.1) is 31.6 Å². The van der Waals surface area contributed by atoms with Gasteiger partial charge in [0.15, 0.2) is 0 Å². The number of aryl methyl sites for hydroxylation is 1. The summed E-state index contributed by atoms with van der Waals surface area (Å²) in [5, 5.41) is 12.7. The van der Waals surface area contributed by atoms with Crippen LogP contribution in [0.1, 0.15) is 18.2 Å². The fraction of sp³-hybridized carbons (Fsp3) is 0.385. The van der Waals surface area contributed by atoms with Crippen LogP contribution in [0.15, 0.2) is 35.6 Å². The number of rotatable bonds is 7. The summed E-state index contributed by atoms with van der Waals surface area (Å²) in [5.41, 5.74) is 1.72. The largest absolute Gasteiger partial charge is 0.394 e. The molecule has 0 unspecified atom stereocenters. The molecule has 0 aromatic carbocycles. The van der Waals surface area contributed by atoms with Crippen molar-refractivity contribution in [3.05, 3.63) is 42.0 Å². The lowest BCUT2D eigenvalue weighted by molar-refractivity contribution is 0.269. The molecular formula is C13H18N4O3S. The minimum atomic E-state index is -3.64. The highest BCUT2D eigenvalue weighted by Gasteiger charge is 2.17. The number of aliphatic hydroxyl groups excluding tert-OH is 1. The molecule has 0 aliphatic rings. The van der Waals surface area contributed by atoms with Crippen molar-refractivity contribution < 1.29 is 13.5 Å². The molecular weight excluding hydrogens is 292 g/mol. The van der Waals surface area contributed by atoms with Crippen molar-refractivity contribution in [3.8, 4) is 0 Å². The first-order valence-electron chi connectivity index (χ1n) is 6.62. The predicted molar refractivity (Wildman–Crippen MR) is 77.0 cm³/mol. The van der Waals surface area contributed by atoms with Crippen molar-refractivity contribution in [1.82, 2.24) is 19.5 Å². The third-order valence-corrected chi connectivity index (χ3v) is 4.40. The van der Waals surface area contributed by atoms with E-state index in [-0.39, 0.29) is 24.6 Å². The highest BCUT2D eigenvalue weighted by molar-refractivity contribution is 7.89. The van der Waals surface area contributed by atoms with Gasteiger partial charge in [-0.05, 0) is 18.1 Å². The Morgan fingerprint density at radius 3 is 2.95 bits per heavy atom. The standard InChI is InChI=1S/C13H18N4O3S/c1-2-11-4-3-5-14-13(11)9-16-21(19,20)12-8-15-17(10-12)6-7-18/h3-5,8,10,16,18H,2,6-7,9H2,1H3. The summed E-state index contributed by atoms with van der Waals surface area (Å²) in [6.07, 6.45) is 5.08. The van der Waals surface area contributed by atoms with Crippen LogP contribution in [-0.2, 0) is 29.5 Å². The van der Waals surface area contributed by atoms with Crippen LogP contribution in [0.3, 0.4) is 0 Å². The van der Waals surface area contributed by atoms with Gasteiger partial charge >= 0.3 is 0 Å². The number of sulfonamides is 1. The summed E-state index contributed by atoms with van der Waals surface area (Å²) in [5.74, 6) is 0. The van der Waals surface area contributed by atoms with Crippen LogP contribution >= 0.6 is 0 Å². The van der Waals surface area contributed by atoms with Gasteiger partial charge in [0, 0.05) is 12.4 Å². The highest BCUT2D eigenvalue weighted by atomic mass is 32.2. The molecule has 0 aliphatic carbocycles. The monoisotopic (exact) mass is 310 g/mol. The fourth-order valence-electron chi connectivity index (χ4n) is 1.91. The molecule has 21 heavy (non-hydrogen) atoms. The van der Waals surface area contributed by atoms with Gasteiger partial charge in [0.1, 0.15) is 4.90 Å². The van der Waals surface area contributed by atoms with Crippen LogP contribution in [0.5, 0.6) is 0 Å². The summed E-state index contributed by atoms with van der Waals surface area (Å²) in [6, 6.07) is 3.76. The molecule has 0 saturated heterocycles. The maximum Gasteiger partial charge on any atom is 0.244 e. The van der Waals surface area contributed by atoms with Crippen molar-refractivity contribution >= 4 is 10.0 Å². The molecule has 0 radical (unpaired) electrons. The van der Waals surface area contributed by atoms with Crippen molar-refractivity contribution in [2.24, 2.45) is 0 Å². The Kier molecular flexibility index (Phi) is 5.05. The van der Waals surface area contributed by atoms with E-state index < -0.39 is 10.0 Å².